The van der Waals surface area contributed by atoms with Gasteiger partial charge in [0.05, 0.1) is 23.3 Å². The van der Waals surface area contributed by atoms with Crippen molar-refractivity contribution in [2.45, 2.75) is 32.5 Å². The highest BCUT2D eigenvalue weighted by Gasteiger charge is 2.41. The van der Waals surface area contributed by atoms with Crippen LogP contribution < -0.4 is 5.32 Å². The predicted octanol–water partition coefficient (Wildman–Crippen LogP) is 4.76. The third-order valence-electron chi connectivity index (χ3n) is 6.41. The Bertz CT molecular complexity index is 1390. The van der Waals surface area contributed by atoms with Crippen molar-refractivity contribution in [3.8, 4) is 5.69 Å². The highest BCUT2D eigenvalue weighted by Crippen LogP contribution is 2.42. The Kier molecular flexibility index (Phi) is 6.05. The van der Waals surface area contributed by atoms with Crippen molar-refractivity contribution in [2.24, 2.45) is 0 Å². The van der Waals surface area contributed by atoms with E-state index in [0.29, 0.717) is 11.7 Å². The number of nitrogens with zero attached hydrogens (tertiary/aromatic N) is 4. The van der Waals surface area contributed by atoms with Crippen LogP contribution in [0.2, 0.25) is 0 Å². The van der Waals surface area contributed by atoms with Crippen LogP contribution in [0.1, 0.15) is 50.7 Å². The lowest BCUT2D eigenvalue weighted by Gasteiger charge is -2.28. The summed E-state index contributed by atoms with van der Waals surface area (Å²) < 4.78 is 2.10. The van der Waals surface area contributed by atoms with Gasteiger partial charge >= 0.3 is 5.97 Å². The fourth-order valence-corrected chi connectivity index (χ4v) is 5.17. The lowest BCUT2D eigenvalue weighted by molar-refractivity contribution is 0.0697. The highest BCUT2D eigenvalue weighted by atomic mass is 32.1. The molecule has 1 aliphatic heterocycles. The van der Waals surface area contributed by atoms with E-state index in [9.17, 15) is 9.90 Å². The molecule has 0 spiro atoms. The molecule has 1 aliphatic rings. The minimum atomic E-state index is -0.947. The Hall–Kier alpha value is -4.04. The second-order valence-corrected chi connectivity index (χ2v) is 9.02. The van der Waals surface area contributed by atoms with Gasteiger partial charge in [0.2, 0.25) is 0 Å². The number of pyridine rings is 2. The molecule has 0 bridgehead atoms. The number of carbonyl (C=O) groups is 1. The van der Waals surface area contributed by atoms with Gasteiger partial charge in [-0.3, -0.25) is 9.97 Å². The van der Waals surface area contributed by atoms with E-state index in [0.717, 1.165) is 33.9 Å². The maximum Gasteiger partial charge on any atom is 0.335 e. The molecule has 3 aromatic heterocycles. The molecule has 4 heterocycles. The van der Waals surface area contributed by atoms with Crippen molar-refractivity contribution >= 4 is 23.3 Å². The van der Waals surface area contributed by atoms with Crippen LogP contribution in [-0.2, 0) is 6.54 Å². The number of nitrogens with one attached hydrogen (secondary N) is 1. The van der Waals surface area contributed by atoms with Crippen LogP contribution in [-0.4, -0.2) is 35.6 Å². The van der Waals surface area contributed by atoms with Gasteiger partial charge in [0.1, 0.15) is 0 Å². The van der Waals surface area contributed by atoms with Crippen molar-refractivity contribution in [3.05, 3.63) is 113 Å². The molecule has 8 heteroatoms. The van der Waals surface area contributed by atoms with E-state index < -0.39 is 5.97 Å². The fraction of sp³-hybridized carbons (Fsp3) is 0.185. The summed E-state index contributed by atoms with van der Waals surface area (Å²) in [5.41, 5.74) is 6.18. The molecule has 176 valence electrons. The van der Waals surface area contributed by atoms with Crippen molar-refractivity contribution in [2.75, 3.05) is 0 Å². The van der Waals surface area contributed by atoms with Gasteiger partial charge in [-0.05, 0) is 79.7 Å². The lowest BCUT2D eigenvalue weighted by atomic mass is 9.96. The molecule has 0 saturated carbocycles. The minimum Gasteiger partial charge on any atom is -0.478 e. The summed E-state index contributed by atoms with van der Waals surface area (Å²) in [6.45, 7) is 4.70. The van der Waals surface area contributed by atoms with Crippen LogP contribution in [0.3, 0.4) is 0 Å². The largest absolute Gasteiger partial charge is 0.478 e. The average molecular weight is 484 g/mol. The standard InChI is InChI=1S/C27H25N5O2S/c1-17-13-22(18(2)32(17)21-9-5-8-20(14-21)26(33)34)25-24(23-10-3-4-12-29-23)30-27(35)31(25)16-19-7-6-11-28-15-19/h3-15,24-25H,16H2,1-2H3,(H,30,35)(H,33,34). The normalized spacial score (nSPS) is 17.4. The van der Waals surface area contributed by atoms with Crippen LogP contribution >= 0.6 is 12.2 Å². The average Bonchev–Trinajstić information content (AvgIpc) is 3.35. The summed E-state index contributed by atoms with van der Waals surface area (Å²) in [6.07, 6.45) is 5.41. The van der Waals surface area contributed by atoms with Crippen molar-refractivity contribution in [1.29, 1.82) is 0 Å². The molecular formula is C27H25N5O2S. The van der Waals surface area contributed by atoms with E-state index in [1.54, 1.807) is 30.6 Å². The Morgan fingerprint density at radius 2 is 1.94 bits per heavy atom. The van der Waals surface area contributed by atoms with Gasteiger partial charge in [-0.25, -0.2) is 4.79 Å². The molecule has 1 saturated heterocycles. The monoisotopic (exact) mass is 483 g/mol. The highest BCUT2D eigenvalue weighted by molar-refractivity contribution is 7.80. The molecule has 7 nitrogen and oxygen atoms in total. The fourth-order valence-electron chi connectivity index (χ4n) is 4.87. The van der Waals surface area contributed by atoms with E-state index in [-0.39, 0.29) is 17.6 Å². The molecule has 1 fully saturated rings. The van der Waals surface area contributed by atoms with E-state index in [1.807, 2.05) is 49.5 Å². The first-order valence-electron chi connectivity index (χ1n) is 11.3. The van der Waals surface area contributed by atoms with Gasteiger partial charge in [0.15, 0.2) is 5.11 Å². The molecule has 4 aromatic rings. The molecule has 2 atom stereocenters. The molecule has 0 amide bonds. The van der Waals surface area contributed by atoms with E-state index in [1.165, 1.54) is 0 Å². The summed E-state index contributed by atoms with van der Waals surface area (Å²) >= 11 is 5.81. The Morgan fingerprint density at radius 3 is 2.66 bits per heavy atom. The summed E-state index contributed by atoms with van der Waals surface area (Å²) in [5, 5.41) is 13.6. The first-order valence-corrected chi connectivity index (χ1v) is 11.7. The number of carboxylic acids is 1. The van der Waals surface area contributed by atoms with Crippen molar-refractivity contribution < 1.29 is 9.90 Å². The number of hydrogen-bond acceptors (Lipinski definition) is 4. The van der Waals surface area contributed by atoms with Gasteiger partial charge in [-0.2, -0.15) is 0 Å². The topological polar surface area (TPSA) is 83.3 Å². The number of aryl methyl sites for hydroxylation is 1. The lowest BCUT2D eigenvalue weighted by Crippen LogP contribution is -2.29. The summed E-state index contributed by atoms with van der Waals surface area (Å²) in [6, 6.07) is 18.8. The third kappa shape index (κ3) is 4.28. The summed E-state index contributed by atoms with van der Waals surface area (Å²) in [7, 11) is 0. The van der Waals surface area contributed by atoms with Gasteiger partial charge in [0.25, 0.3) is 0 Å². The molecule has 0 aliphatic carbocycles. The Labute approximate surface area is 209 Å². The number of hydrogen-bond donors (Lipinski definition) is 2. The zero-order chi connectivity index (χ0) is 24.5. The zero-order valence-corrected chi connectivity index (χ0v) is 20.2. The number of benzene rings is 1. The van der Waals surface area contributed by atoms with Gasteiger partial charge in [-0.15, -0.1) is 0 Å². The Morgan fingerprint density at radius 1 is 1.09 bits per heavy atom. The van der Waals surface area contributed by atoms with Gasteiger partial charge in [0, 0.05) is 42.2 Å². The molecule has 0 radical (unpaired) electrons. The maximum absolute atomic E-state index is 11.6. The summed E-state index contributed by atoms with van der Waals surface area (Å²) in [4.78, 5) is 22.7. The number of aromatic carboxylic acids is 1. The predicted molar refractivity (Wildman–Crippen MR) is 137 cm³/mol. The maximum atomic E-state index is 11.6. The molecule has 35 heavy (non-hydrogen) atoms. The van der Waals surface area contributed by atoms with Crippen molar-refractivity contribution in [1.82, 2.24) is 24.8 Å². The molecular weight excluding hydrogens is 458 g/mol. The number of rotatable bonds is 6. The first-order chi connectivity index (χ1) is 16.9. The SMILES string of the molecule is Cc1cc(C2C(c3ccccn3)NC(=S)N2Cc2cccnc2)c(C)n1-c1cccc(C(=O)O)c1. The second-order valence-electron chi connectivity index (χ2n) is 8.63. The second kappa shape index (κ2) is 9.31. The molecule has 5 rings (SSSR count). The van der Waals surface area contributed by atoms with E-state index >= 15 is 0 Å². The zero-order valence-electron chi connectivity index (χ0n) is 19.4. The van der Waals surface area contributed by atoms with Crippen LogP contribution in [0.5, 0.6) is 0 Å². The van der Waals surface area contributed by atoms with E-state index in [2.05, 4.69) is 37.7 Å². The van der Waals surface area contributed by atoms with Crippen LogP contribution in [0.4, 0.5) is 0 Å². The Balaban J connectivity index is 1.62. The third-order valence-corrected chi connectivity index (χ3v) is 6.77. The molecule has 2 unspecified atom stereocenters. The van der Waals surface area contributed by atoms with Crippen LogP contribution in [0.25, 0.3) is 5.69 Å². The van der Waals surface area contributed by atoms with Crippen LogP contribution in [0, 0.1) is 13.8 Å². The molecule has 2 N–H and O–H groups in total. The molecule has 1 aromatic carbocycles. The smallest absolute Gasteiger partial charge is 0.335 e. The van der Waals surface area contributed by atoms with E-state index in [4.69, 9.17) is 12.2 Å². The number of carboxylic acid groups (broad SMARTS) is 1. The first kappa shape index (κ1) is 22.7. The quantitative estimate of drug-likeness (QED) is 0.383. The van der Waals surface area contributed by atoms with Gasteiger partial charge < -0.3 is 19.9 Å². The number of thiocarbonyl (C=S) groups is 1. The van der Waals surface area contributed by atoms with Gasteiger partial charge in [-0.1, -0.05) is 18.2 Å². The van der Waals surface area contributed by atoms with Crippen LogP contribution in [0.15, 0.2) is 79.3 Å². The number of aromatic nitrogens is 3. The minimum absolute atomic E-state index is 0.111. The summed E-state index contributed by atoms with van der Waals surface area (Å²) in [5.74, 6) is -0.947. The van der Waals surface area contributed by atoms with Crippen molar-refractivity contribution in [3.63, 3.8) is 0 Å².